The highest BCUT2D eigenvalue weighted by Gasteiger charge is 2.64. The van der Waals surface area contributed by atoms with Gasteiger partial charge in [0, 0.05) is 52.7 Å². The maximum Gasteiger partial charge on any atom is 0.274 e. The Balaban J connectivity index is 1.51. The van der Waals surface area contributed by atoms with Gasteiger partial charge in [0.2, 0.25) is 5.91 Å². The summed E-state index contributed by atoms with van der Waals surface area (Å²) < 4.78 is 0. The van der Waals surface area contributed by atoms with Crippen molar-refractivity contribution in [2.45, 2.75) is 25.7 Å². The van der Waals surface area contributed by atoms with Crippen LogP contribution in [-0.2, 0) is 4.79 Å². The molecule has 1 aromatic heterocycles. The Hall–Kier alpha value is -2.02. The number of likely N-dealkylation sites (tertiary alicyclic amines) is 2. The van der Waals surface area contributed by atoms with Gasteiger partial charge in [-0.2, -0.15) is 0 Å². The zero-order valence-electron chi connectivity index (χ0n) is 16.5. The summed E-state index contributed by atoms with van der Waals surface area (Å²) in [6, 6.07) is 0. The maximum atomic E-state index is 13.1. The molecule has 3 aliphatic rings. The first-order chi connectivity index (χ1) is 12.9. The minimum atomic E-state index is -0.241. The number of aromatic nitrogens is 2. The van der Waals surface area contributed by atoms with Crippen LogP contribution in [0.2, 0.25) is 0 Å². The molecule has 1 spiro atoms. The van der Waals surface area contributed by atoms with Crippen molar-refractivity contribution in [2.24, 2.45) is 16.7 Å². The molecule has 4 rings (SSSR count). The third-order valence-electron chi connectivity index (χ3n) is 7.18. The standard InChI is InChI=1S/C20H29N5O2/c1-23(2)18(27)20-5-4-19(16(20)13-24(3)14-20)6-10-25(11-7-19)17(26)15-12-21-8-9-22-15/h8-9,12,16H,4-7,10-11,13-14H2,1-3H3/t16-,20+/m0/s1. The highest BCUT2D eigenvalue weighted by atomic mass is 16.2. The number of nitrogens with zero attached hydrogens (tertiary/aromatic N) is 5. The average molecular weight is 371 g/mol. The summed E-state index contributed by atoms with van der Waals surface area (Å²) in [5.41, 5.74) is 0.350. The summed E-state index contributed by atoms with van der Waals surface area (Å²) in [6.45, 7) is 3.32. The van der Waals surface area contributed by atoms with E-state index in [1.807, 2.05) is 19.0 Å². The quantitative estimate of drug-likeness (QED) is 0.779. The van der Waals surface area contributed by atoms with Gasteiger partial charge in [-0.05, 0) is 44.1 Å². The third kappa shape index (κ3) is 2.83. The lowest BCUT2D eigenvalue weighted by molar-refractivity contribution is -0.141. The largest absolute Gasteiger partial charge is 0.348 e. The minimum Gasteiger partial charge on any atom is -0.348 e. The fraction of sp³-hybridized carbons (Fsp3) is 0.700. The lowest BCUT2D eigenvalue weighted by Crippen LogP contribution is -2.49. The molecule has 1 saturated carbocycles. The molecule has 0 unspecified atom stereocenters. The smallest absolute Gasteiger partial charge is 0.274 e. The Labute approximate surface area is 160 Å². The van der Waals surface area contributed by atoms with Crippen LogP contribution in [0.5, 0.6) is 0 Å². The SMILES string of the molecule is CN1C[C@H]2C3(CCN(C(=O)c4cnccn4)CC3)CC[C@@]2(C(=O)N(C)C)C1. The molecule has 2 aliphatic heterocycles. The van der Waals surface area contributed by atoms with E-state index in [9.17, 15) is 9.59 Å². The first-order valence-corrected chi connectivity index (χ1v) is 9.84. The molecule has 0 bridgehead atoms. The van der Waals surface area contributed by atoms with Gasteiger partial charge >= 0.3 is 0 Å². The van der Waals surface area contributed by atoms with Crippen molar-refractivity contribution in [3.05, 3.63) is 24.3 Å². The zero-order valence-corrected chi connectivity index (χ0v) is 16.5. The van der Waals surface area contributed by atoms with Gasteiger partial charge in [0.1, 0.15) is 5.69 Å². The molecule has 2 atom stereocenters. The van der Waals surface area contributed by atoms with Crippen molar-refractivity contribution in [3.63, 3.8) is 0 Å². The molecule has 7 nitrogen and oxygen atoms in total. The number of carbonyl (C=O) groups excluding carboxylic acids is 2. The van der Waals surface area contributed by atoms with Crippen LogP contribution in [0.1, 0.15) is 36.2 Å². The first kappa shape index (κ1) is 18.3. The normalized spacial score (nSPS) is 29.7. The summed E-state index contributed by atoms with van der Waals surface area (Å²) in [6.07, 6.45) is 8.69. The van der Waals surface area contributed by atoms with Crippen LogP contribution in [0, 0.1) is 16.7 Å². The molecule has 0 aromatic carbocycles. The second kappa shape index (κ2) is 6.55. The van der Waals surface area contributed by atoms with Crippen LogP contribution in [0.25, 0.3) is 0 Å². The van der Waals surface area contributed by atoms with Gasteiger partial charge in [0.25, 0.3) is 5.91 Å². The van der Waals surface area contributed by atoms with E-state index in [2.05, 4.69) is 21.9 Å². The molecule has 1 aliphatic carbocycles. The summed E-state index contributed by atoms with van der Waals surface area (Å²) in [7, 11) is 5.88. The highest BCUT2D eigenvalue weighted by Crippen LogP contribution is 2.62. The van der Waals surface area contributed by atoms with Crippen molar-refractivity contribution in [2.75, 3.05) is 47.3 Å². The second-order valence-corrected chi connectivity index (χ2v) is 8.85. The van der Waals surface area contributed by atoms with E-state index in [4.69, 9.17) is 0 Å². The number of rotatable bonds is 2. The van der Waals surface area contributed by atoms with Gasteiger partial charge in [0.05, 0.1) is 11.6 Å². The molecule has 27 heavy (non-hydrogen) atoms. The molecule has 3 fully saturated rings. The van der Waals surface area contributed by atoms with Crippen molar-refractivity contribution in [1.82, 2.24) is 24.7 Å². The van der Waals surface area contributed by atoms with Gasteiger partial charge < -0.3 is 14.7 Å². The van der Waals surface area contributed by atoms with Gasteiger partial charge in [-0.1, -0.05) is 0 Å². The number of fused-ring (bicyclic) bond motifs is 2. The minimum absolute atomic E-state index is 0.0323. The molecule has 0 N–H and O–H groups in total. The highest BCUT2D eigenvalue weighted by molar-refractivity contribution is 5.92. The predicted molar refractivity (Wildman–Crippen MR) is 101 cm³/mol. The van der Waals surface area contributed by atoms with Crippen molar-refractivity contribution < 1.29 is 9.59 Å². The third-order valence-corrected chi connectivity index (χ3v) is 7.18. The van der Waals surface area contributed by atoms with Crippen LogP contribution in [0.3, 0.4) is 0 Å². The van der Waals surface area contributed by atoms with Crippen LogP contribution >= 0.6 is 0 Å². The molecule has 7 heteroatoms. The molecule has 0 radical (unpaired) electrons. The van der Waals surface area contributed by atoms with E-state index in [1.54, 1.807) is 17.3 Å². The fourth-order valence-corrected chi connectivity index (χ4v) is 5.92. The lowest BCUT2D eigenvalue weighted by atomic mass is 9.65. The molecule has 2 saturated heterocycles. The van der Waals surface area contributed by atoms with Crippen molar-refractivity contribution in [1.29, 1.82) is 0 Å². The van der Waals surface area contributed by atoms with E-state index in [1.165, 1.54) is 6.20 Å². The lowest BCUT2D eigenvalue weighted by Gasteiger charge is -2.44. The molecule has 146 valence electrons. The summed E-state index contributed by atoms with van der Waals surface area (Å²) >= 11 is 0. The Morgan fingerprint density at radius 2 is 1.89 bits per heavy atom. The summed E-state index contributed by atoms with van der Waals surface area (Å²) in [4.78, 5) is 40.0. The van der Waals surface area contributed by atoms with E-state index in [0.717, 1.165) is 51.9 Å². The molecule has 1 aromatic rings. The molecular formula is C20H29N5O2. The van der Waals surface area contributed by atoms with Crippen LogP contribution in [0.15, 0.2) is 18.6 Å². The van der Waals surface area contributed by atoms with Gasteiger partial charge in [0.15, 0.2) is 0 Å². The monoisotopic (exact) mass is 371 g/mol. The number of carbonyl (C=O) groups is 2. The van der Waals surface area contributed by atoms with Crippen LogP contribution in [-0.4, -0.2) is 83.8 Å². The predicted octanol–water partition coefficient (Wildman–Crippen LogP) is 1.13. The molecule has 2 amide bonds. The van der Waals surface area contributed by atoms with Crippen LogP contribution < -0.4 is 0 Å². The fourth-order valence-electron chi connectivity index (χ4n) is 5.92. The van der Waals surface area contributed by atoms with Gasteiger partial charge in [-0.25, -0.2) is 4.98 Å². The molecule has 3 heterocycles. The van der Waals surface area contributed by atoms with Crippen molar-refractivity contribution in [3.8, 4) is 0 Å². The zero-order chi connectivity index (χ0) is 19.2. The van der Waals surface area contributed by atoms with Crippen molar-refractivity contribution >= 4 is 11.8 Å². The Morgan fingerprint density at radius 1 is 1.15 bits per heavy atom. The van der Waals surface area contributed by atoms with E-state index < -0.39 is 0 Å². The Morgan fingerprint density at radius 3 is 2.52 bits per heavy atom. The van der Waals surface area contributed by atoms with E-state index in [-0.39, 0.29) is 22.6 Å². The van der Waals surface area contributed by atoms with Gasteiger partial charge in [-0.15, -0.1) is 0 Å². The first-order valence-electron chi connectivity index (χ1n) is 9.84. The van der Waals surface area contributed by atoms with E-state index in [0.29, 0.717) is 11.6 Å². The summed E-state index contributed by atoms with van der Waals surface area (Å²) in [5.74, 6) is 0.639. The molecular weight excluding hydrogens is 342 g/mol. The van der Waals surface area contributed by atoms with Crippen LogP contribution in [0.4, 0.5) is 0 Å². The van der Waals surface area contributed by atoms with Gasteiger partial charge in [-0.3, -0.25) is 14.6 Å². The second-order valence-electron chi connectivity index (χ2n) is 8.85. The number of hydrogen-bond acceptors (Lipinski definition) is 5. The number of amides is 2. The number of piperidine rings is 1. The summed E-state index contributed by atoms with van der Waals surface area (Å²) in [5, 5.41) is 0. The average Bonchev–Trinajstić information content (AvgIpc) is 3.17. The van der Waals surface area contributed by atoms with E-state index >= 15 is 0 Å². The Bertz CT molecular complexity index is 729. The Kier molecular flexibility index (Phi) is 4.45. The maximum absolute atomic E-state index is 13.1. The topological polar surface area (TPSA) is 69.6 Å². The number of hydrogen-bond donors (Lipinski definition) is 0.